The van der Waals surface area contributed by atoms with Gasteiger partial charge in [-0.3, -0.25) is 0 Å². The highest BCUT2D eigenvalue weighted by atomic mass is 32.2. The Morgan fingerprint density at radius 3 is 3.00 bits per heavy atom. The Bertz CT molecular complexity index is 540. The highest BCUT2D eigenvalue weighted by Crippen LogP contribution is 2.31. The molecular formula is C17H26N2O3S. The number of benzene rings is 1. The molecule has 1 saturated heterocycles. The second-order valence-corrected chi connectivity index (χ2v) is 6.99. The number of methoxy groups -OCH3 is 1. The number of nitrogens with zero attached hydrogens (tertiary/aromatic N) is 1. The predicted molar refractivity (Wildman–Crippen MR) is 94.0 cm³/mol. The van der Waals surface area contributed by atoms with Gasteiger partial charge in [0.25, 0.3) is 0 Å². The smallest absolute Gasteiger partial charge is 0.321 e. The van der Waals surface area contributed by atoms with Crippen molar-refractivity contribution in [3.05, 3.63) is 24.3 Å². The van der Waals surface area contributed by atoms with Gasteiger partial charge < -0.3 is 20.1 Å². The fraction of sp³-hybridized carbons (Fsp3) is 0.588. The first-order valence-electron chi connectivity index (χ1n) is 7.90. The van der Waals surface area contributed by atoms with Crippen LogP contribution in [0.25, 0.3) is 0 Å². The van der Waals surface area contributed by atoms with Gasteiger partial charge >= 0.3 is 6.03 Å². The van der Waals surface area contributed by atoms with Crippen LogP contribution in [0.4, 0.5) is 10.5 Å². The molecule has 2 amide bonds. The normalized spacial score (nSPS) is 24.5. The van der Waals surface area contributed by atoms with Crippen molar-refractivity contribution in [3.8, 4) is 0 Å². The molecule has 0 saturated carbocycles. The lowest BCUT2D eigenvalue weighted by Gasteiger charge is -2.43. The number of carbonyl (C=O) groups excluding carboxylic acids is 1. The first kappa shape index (κ1) is 18.1. The Morgan fingerprint density at radius 2 is 2.35 bits per heavy atom. The van der Waals surface area contributed by atoms with E-state index in [1.807, 2.05) is 37.4 Å². The molecule has 2 N–H and O–H groups in total. The largest absolute Gasteiger partial charge is 0.389 e. The zero-order valence-corrected chi connectivity index (χ0v) is 14.9. The molecule has 0 aliphatic carbocycles. The van der Waals surface area contributed by atoms with Gasteiger partial charge in [-0.25, -0.2) is 4.79 Å². The van der Waals surface area contributed by atoms with Gasteiger partial charge in [0.2, 0.25) is 0 Å². The molecule has 1 heterocycles. The summed E-state index contributed by atoms with van der Waals surface area (Å²) in [6, 6.07) is 7.69. The summed E-state index contributed by atoms with van der Waals surface area (Å²) in [6.45, 7) is 3.63. The van der Waals surface area contributed by atoms with Crippen molar-refractivity contribution in [1.82, 2.24) is 4.90 Å². The number of nitrogens with one attached hydrogen (secondary N) is 1. The number of amides is 2. The number of anilines is 1. The fourth-order valence-corrected chi connectivity index (χ4v) is 3.36. The van der Waals surface area contributed by atoms with Crippen molar-refractivity contribution >= 4 is 23.5 Å². The molecule has 0 radical (unpaired) electrons. The summed E-state index contributed by atoms with van der Waals surface area (Å²) >= 11 is 1.64. The maximum atomic E-state index is 12.4. The molecule has 1 fully saturated rings. The number of ether oxygens (including phenoxy) is 1. The number of urea groups is 1. The van der Waals surface area contributed by atoms with Crippen LogP contribution in [0.15, 0.2) is 29.2 Å². The number of hydrogen-bond donors (Lipinski definition) is 2. The number of rotatable bonds is 5. The van der Waals surface area contributed by atoms with Crippen LogP contribution >= 0.6 is 11.8 Å². The minimum atomic E-state index is -0.744. The lowest BCUT2D eigenvalue weighted by molar-refractivity contribution is -0.0725. The Hall–Kier alpha value is -1.24. The topological polar surface area (TPSA) is 61.8 Å². The van der Waals surface area contributed by atoms with Crippen LogP contribution in [0, 0.1) is 5.92 Å². The van der Waals surface area contributed by atoms with E-state index in [2.05, 4.69) is 5.32 Å². The molecule has 6 heteroatoms. The number of hydrogen-bond acceptors (Lipinski definition) is 4. The molecule has 0 unspecified atom stereocenters. The van der Waals surface area contributed by atoms with E-state index >= 15 is 0 Å². The summed E-state index contributed by atoms with van der Waals surface area (Å²) in [5.41, 5.74) is 0.0562. The molecule has 0 aromatic heterocycles. The molecule has 128 valence electrons. The highest BCUT2D eigenvalue weighted by Gasteiger charge is 2.39. The van der Waals surface area contributed by atoms with Crippen molar-refractivity contribution < 1.29 is 14.6 Å². The average Bonchev–Trinajstić information content (AvgIpc) is 2.56. The maximum Gasteiger partial charge on any atom is 0.321 e. The first-order valence-corrected chi connectivity index (χ1v) is 9.12. The standard InChI is InChI=1S/C17H26N2O3S/c1-13-12-19(9-7-17(13,21)8-10-22-2)16(20)18-14-5-4-6-15(11-14)23-3/h4-6,11,13,21H,7-10,12H2,1-3H3,(H,18,20)/t13-,17-/m1/s1. The molecule has 0 bridgehead atoms. The summed E-state index contributed by atoms with van der Waals surface area (Å²) in [4.78, 5) is 15.3. The lowest BCUT2D eigenvalue weighted by atomic mass is 9.80. The van der Waals surface area contributed by atoms with Crippen LogP contribution in [-0.2, 0) is 4.74 Å². The second-order valence-electron chi connectivity index (χ2n) is 6.11. The Kier molecular flexibility index (Phi) is 6.33. The van der Waals surface area contributed by atoms with E-state index in [-0.39, 0.29) is 11.9 Å². The van der Waals surface area contributed by atoms with Crippen molar-refractivity contribution in [2.45, 2.75) is 30.3 Å². The van der Waals surface area contributed by atoms with E-state index in [1.54, 1.807) is 23.8 Å². The number of likely N-dealkylation sites (tertiary alicyclic amines) is 1. The molecule has 1 aromatic carbocycles. The third kappa shape index (κ3) is 4.62. The third-order valence-corrected chi connectivity index (χ3v) is 5.30. The number of piperidine rings is 1. The van der Waals surface area contributed by atoms with E-state index < -0.39 is 5.60 Å². The van der Waals surface area contributed by atoms with Crippen LogP contribution in [0.2, 0.25) is 0 Å². The fourth-order valence-electron chi connectivity index (χ4n) is 2.90. The van der Waals surface area contributed by atoms with Crippen molar-refractivity contribution in [2.24, 2.45) is 5.92 Å². The van der Waals surface area contributed by atoms with E-state index in [1.165, 1.54) is 0 Å². The predicted octanol–water partition coefficient (Wildman–Crippen LogP) is 3.05. The summed E-state index contributed by atoms with van der Waals surface area (Å²) in [5.74, 6) is 0.0229. The Balaban J connectivity index is 1.94. The monoisotopic (exact) mass is 338 g/mol. The van der Waals surface area contributed by atoms with Crippen LogP contribution in [0.3, 0.4) is 0 Å². The van der Waals surface area contributed by atoms with E-state index in [0.29, 0.717) is 32.5 Å². The van der Waals surface area contributed by atoms with Crippen molar-refractivity contribution in [1.29, 1.82) is 0 Å². The minimum Gasteiger partial charge on any atom is -0.389 e. The van der Waals surface area contributed by atoms with Gasteiger partial charge in [0.1, 0.15) is 0 Å². The van der Waals surface area contributed by atoms with Gasteiger partial charge in [-0.1, -0.05) is 13.0 Å². The van der Waals surface area contributed by atoms with Crippen molar-refractivity contribution in [3.63, 3.8) is 0 Å². The molecule has 5 nitrogen and oxygen atoms in total. The Morgan fingerprint density at radius 1 is 1.57 bits per heavy atom. The molecule has 1 aromatic rings. The molecule has 2 atom stereocenters. The van der Waals surface area contributed by atoms with Gasteiger partial charge in [0, 0.05) is 43.3 Å². The zero-order valence-electron chi connectivity index (χ0n) is 14.0. The van der Waals surface area contributed by atoms with Gasteiger partial charge in [-0.2, -0.15) is 0 Å². The van der Waals surface area contributed by atoms with Crippen LogP contribution < -0.4 is 5.32 Å². The SMILES string of the molecule is COCC[C@]1(O)CCN(C(=O)Nc2cccc(SC)c2)C[C@H]1C. The van der Waals surface area contributed by atoms with Crippen molar-refractivity contribution in [2.75, 3.05) is 38.4 Å². The van der Waals surface area contributed by atoms with Gasteiger partial charge in [-0.05, 0) is 37.3 Å². The Labute approximate surface area is 142 Å². The van der Waals surface area contributed by atoms with E-state index in [4.69, 9.17) is 4.74 Å². The summed E-state index contributed by atoms with van der Waals surface area (Å²) < 4.78 is 5.08. The highest BCUT2D eigenvalue weighted by molar-refractivity contribution is 7.98. The molecular weight excluding hydrogens is 312 g/mol. The number of carbonyl (C=O) groups is 1. The summed E-state index contributed by atoms with van der Waals surface area (Å²) in [5, 5.41) is 13.6. The summed E-state index contributed by atoms with van der Waals surface area (Å²) in [6.07, 6.45) is 3.19. The number of aliphatic hydroxyl groups is 1. The molecule has 23 heavy (non-hydrogen) atoms. The molecule has 0 spiro atoms. The lowest BCUT2D eigenvalue weighted by Crippen LogP contribution is -2.53. The molecule has 2 rings (SSSR count). The molecule has 1 aliphatic heterocycles. The van der Waals surface area contributed by atoms with Gasteiger partial charge in [-0.15, -0.1) is 11.8 Å². The third-order valence-electron chi connectivity index (χ3n) is 4.57. The van der Waals surface area contributed by atoms with E-state index in [9.17, 15) is 9.90 Å². The number of thioether (sulfide) groups is 1. The zero-order chi connectivity index (χ0) is 16.9. The van der Waals surface area contributed by atoms with Crippen LogP contribution in [0.1, 0.15) is 19.8 Å². The average molecular weight is 338 g/mol. The summed E-state index contributed by atoms with van der Waals surface area (Å²) in [7, 11) is 1.64. The first-order chi connectivity index (χ1) is 11.0. The van der Waals surface area contributed by atoms with Crippen LogP contribution in [-0.4, -0.2) is 54.7 Å². The van der Waals surface area contributed by atoms with Gasteiger partial charge in [0.05, 0.1) is 5.60 Å². The second kappa shape index (κ2) is 8.04. The maximum absolute atomic E-state index is 12.4. The molecule has 1 aliphatic rings. The van der Waals surface area contributed by atoms with E-state index in [0.717, 1.165) is 10.6 Å². The van der Waals surface area contributed by atoms with Crippen LogP contribution in [0.5, 0.6) is 0 Å². The minimum absolute atomic E-state index is 0.0229. The van der Waals surface area contributed by atoms with Gasteiger partial charge in [0.15, 0.2) is 0 Å². The quantitative estimate of drug-likeness (QED) is 0.810.